The number of benzene rings is 1. The number of halogens is 1. The molecule has 0 atom stereocenters. The lowest BCUT2D eigenvalue weighted by Crippen LogP contribution is -2.32. The monoisotopic (exact) mass is 303 g/mol. The number of amides is 1. The summed E-state index contributed by atoms with van der Waals surface area (Å²) in [5.41, 5.74) is 0.760. The summed E-state index contributed by atoms with van der Waals surface area (Å²) in [5, 5.41) is 11.5. The number of carbonyl (C=O) groups excluding carboxylic acids is 1. The predicted molar refractivity (Wildman–Crippen MR) is 75.3 cm³/mol. The molecule has 1 fully saturated rings. The van der Waals surface area contributed by atoms with Crippen LogP contribution in [-0.4, -0.2) is 23.5 Å². The quantitative estimate of drug-likeness (QED) is 0.889. The molecule has 1 aliphatic carbocycles. The van der Waals surface area contributed by atoms with Crippen molar-refractivity contribution in [1.82, 2.24) is 5.32 Å². The van der Waals surface area contributed by atoms with Gasteiger partial charge in [0.2, 0.25) is 0 Å². The van der Waals surface area contributed by atoms with E-state index in [0.717, 1.165) is 24.7 Å². The normalized spacial score (nSPS) is 15.3. The van der Waals surface area contributed by atoms with Gasteiger partial charge >= 0.3 is 5.97 Å². The van der Waals surface area contributed by atoms with Gasteiger partial charge in [-0.05, 0) is 30.5 Å². The second-order valence-corrected chi connectivity index (χ2v) is 5.47. The number of hydrogen-bond donors (Lipinski definition) is 2. The van der Waals surface area contributed by atoms with Gasteiger partial charge in [-0.15, -0.1) is 0 Å². The molecule has 2 N–H and O–H groups in total. The maximum absolute atomic E-state index is 13.0. The Hall–Kier alpha value is -2.63. The molecule has 0 aliphatic heterocycles. The Balaban J connectivity index is 1.65. The SMILES string of the molecule is O=C(O)c1coc(C(=O)NCC2(c3ccc(F)cc3)CC2)c1. The minimum atomic E-state index is -1.15. The molecule has 1 heterocycles. The van der Waals surface area contributed by atoms with Crippen LogP contribution < -0.4 is 5.32 Å². The first-order valence-electron chi connectivity index (χ1n) is 6.86. The van der Waals surface area contributed by atoms with Crippen LogP contribution in [0.15, 0.2) is 41.0 Å². The number of nitrogens with one attached hydrogen (secondary N) is 1. The minimum absolute atomic E-state index is 0.0349. The van der Waals surface area contributed by atoms with Gasteiger partial charge in [0.15, 0.2) is 5.76 Å². The Morgan fingerprint density at radius 1 is 1.27 bits per heavy atom. The summed E-state index contributed by atoms with van der Waals surface area (Å²) >= 11 is 0. The van der Waals surface area contributed by atoms with Crippen LogP contribution >= 0.6 is 0 Å². The summed E-state index contributed by atoms with van der Waals surface area (Å²) < 4.78 is 17.9. The number of hydrogen-bond acceptors (Lipinski definition) is 3. The van der Waals surface area contributed by atoms with E-state index in [1.807, 2.05) is 0 Å². The summed E-state index contributed by atoms with van der Waals surface area (Å²) in [4.78, 5) is 22.7. The number of carboxylic acids is 1. The molecule has 1 amide bonds. The second kappa shape index (κ2) is 5.29. The van der Waals surface area contributed by atoms with Crippen molar-refractivity contribution < 1.29 is 23.5 Å². The molecule has 22 heavy (non-hydrogen) atoms. The summed E-state index contributed by atoms with van der Waals surface area (Å²) in [7, 11) is 0. The molecule has 1 saturated carbocycles. The zero-order chi connectivity index (χ0) is 15.7. The van der Waals surface area contributed by atoms with Gasteiger partial charge in [-0.3, -0.25) is 4.79 Å². The third-order valence-corrected chi connectivity index (χ3v) is 3.97. The standard InChI is InChI=1S/C16H14FNO4/c17-12-3-1-11(2-4-12)16(5-6-16)9-18-14(19)13-7-10(8-22-13)15(20)21/h1-4,7-8H,5-6,9H2,(H,18,19)(H,20,21). The van der Waals surface area contributed by atoms with E-state index in [2.05, 4.69) is 5.32 Å². The van der Waals surface area contributed by atoms with Crippen LogP contribution in [-0.2, 0) is 5.41 Å². The first-order chi connectivity index (χ1) is 10.5. The van der Waals surface area contributed by atoms with E-state index in [4.69, 9.17) is 9.52 Å². The topological polar surface area (TPSA) is 79.5 Å². The van der Waals surface area contributed by atoms with E-state index < -0.39 is 11.9 Å². The van der Waals surface area contributed by atoms with E-state index >= 15 is 0 Å². The number of furan rings is 1. The summed E-state index contributed by atoms with van der Waals surface area (Å²) in [6.07, 6.45) is 2.86. The number of carbonyl (C=O) groups is 2. The van der Waals surface area contributed by atoms with Crippen molar-refractivity contribution in [2.45, 2.75) is 18.3 Å². The Morgan fingerprint density at radius 3 is 2.50 bits per heavy atom. The number of carboxylic acid groups (broad SMARTS) is 1. The Bertz CT molecular complexity index is 716. The summed E-state index contributed by atoms with van der Waals surface area (Å²) in [6, 6.07) is 7.45. The van der Waals surface area contributed by atoms with E-state index in [9.17, 15) is 14.0 Å². The molecule has 0 unspecified atom stereocenters. The molecule has 1 aromatic carbocycles. The molecule has 114 valence electrons. The van der Waals surface area contributed by atoms with Gasteiger partial charge in [-0.25, -0.2) is 9.18 Å². The molecule has 0 radical (unpaired) electrons. The van der Waals surface area contributed by atoms with E-state index in [0.29, 0.717) is 6.54 Å². The first kappa shape index (κ1) is 14.3. The Labute approximate surface area is 125 Å². The maximum Gasteiger partial charge on any atom is 0.338 e. The minimum Gasteiger partial charge on any atom is -0.478 e. The van der Waals surface area contributed by atoms with Crippen LogP contribution in [0.3, 0.4) is 0 Å². The fraction of sp³-hybridized carbons (Fsp3) is 0.250. The smallest absolute Gasteiger partial charge is 0.338 e. The van der Waals surface area contributed by atoms with Crippen molar-refractivity contribution in [3.63, 3.8) is 0 Å². The Morgan fingerprint density at radius 2 is 1.95 bits per heavy atom. The van der Waals surface area contributed by atoms with Crippen LogP contribution in [0.4, 0.5) is 4.39 Å². The van der Waals surface area contributed by atoms with Gasteiger partial charge in [0.25, 0.3) is 5.91 Å². The molecule has 6 heteroatoms. The van der Waals surface area contributed by atoms with Gasteiger partial charge in [-0.1, -0.05) is 12.1 Å². The average molecular weight is 303 g/mol. The molecular weight excluding hydrogens is 289 g/mol. The van der Waals surface area contributed by atoms with E-state index in [1.165, 1.54) is 18.2 Å². The highest BCUT2D eigenvalue weighted by atomic mass is 19.1. The highest BCUT2D eigenvalue weighted by Crippen LogP contribution is 2.47. The fourth-order valence-corrected chi connectivity index (χ4v) is 2.43. The highest BCUT2D eigenvalue weighted by molar-refractivity contribution is 5.95. The molecule has 5 nitrogen and oxygen atoms in total. The van der Waals surface area contributed by atoms with Gasteiger partial charge in [0.1, 0.15) is 12.1 Å². The lowest BCUT2D eigenvalue weighted by molar-refractivity contribution is 0.0696. The Kier molecular flexibility index (Phi) is 3.44. The van der Waals surface area contributed by atoms with Crippen molar-refractivity contribution in [2.75, 3.05) is 6.54 Å². The largest absolute Gasteiger partial charge is 0.478 e. The van der Waals surface area contributed by atoms with E-state index in [-0.39, 0.29) is 22.6 Å². The van der Waals surface area contributed by atoms with Crippen molar-refractivity contribution in [3.05, 3.63) is 59.3 Å². The lowest BCUT2D eigenvalue weighted by Gasteiger charge is -2.16. The van der Waals surface area contributed by atoms with Crippen molar-refractivity contribution >= 4 is 11.9 Å². The molecule has 0 bridgehead atoms. The number of aromatic carboxylic acids is 1. The van der Waals surface area contributed by atoms with Crippen molar-refractivity contribution in [3.8, 4) is 0 Å². The molecular formula is C16H14FNO4. The van der Waals surface area contributed by atoms with Crippen LogP contribution in [0.5, 0.6) is 0 Å². The first-order valence-corrected chi connectivity index (χ1v) is 6.86. The third-order valence-electron chi connectivity index (χ3n) is 3.97. The van der Waals surface area contributed by atoms with Gasteiger partial charge in [0.05, 0.1) is 5.56 Å². The summed E-state index contributed by atoms with van der Waals surface area (Å²) in [5.74, 6) is -1.93. The summed E-state index contributed by atoms with van der Waals surface area (Å²) in [6.45, 7) is 0.403. The maximum atomic E-state index is 13.0. The lowest BCUT2D eigenvalue weighted by atomic mass is 9.96. The molecule has 0 saturated heterocycles. The molecule has 1 aliphatic rings. The van der Waals surface area contributed by atoms with Crippen molar-refractivity contribution in [1.29, 1.82) is 0 Å². The van der Waals surface area contributed by atoms with E-state index in [1.54, 1.807) is 12.1 Å². The van der Waals surface area contributed by atoms with Gasteiger partial charge in [-0.2, -0.15) is 0 Å². The van der Waals surface area contributed by atoms with Gasteiger partial charge < -0.3 is 14.8 Å². The van der Waals surface area contributed by atoms with Crippen LogP contribution in [0, 0.1) is 5.82 Å². The van der Waals surface area contributed by atoms with Crippen LogP contribution in [0.2, 0.25) is 0 Å². The van der Waals surface area contributed by atoms with Crippen molar-refractivity contribution in [2.24, 2.45) is 0 Å². The zero-order valence-electron chi connectivity index (χ0n) is 11.6. The molecule has 1 aromatic heterocycles. The van der Waals surface area contributed by atoms with Crippen LogP contribution in [0.25, 0.3) is 0 Å². The van der Waals surface area contributed by atoms with Crippen LogP contribution in [0.1, 0.15) is 39.3 Å². The predicted octanol–water partition coefficient (Wildman–Crippen LogP) is 2.58. The molecule has 3 rings (SSSR count). The fourth-order valence-electron chi connectivity index (χ4n) is 2.43. The average Bonchev–Trinajstić information content (AvgIpc) is 3.11. The second-order valence-electron chi connectivity index (χ2n) is 5.47. The zero-order valence-corrected chi connectivity index (χ0v) is 11.6. The third kappa shape index (κ3) is 2.72. The number of rotatable bonds is 5. The molecule has 2 aromatic rings. The van der Waals surface area contributed by atoms with Gasteiger partial charge in [0, 0.05) is 18.0 Å². The highest BCUT2D eigenvalue weighted by Gasteiger charge is 2.44. The molecule has 0 spiro atoms.